The quantitative estimate of drug-likeness (QED) is 0.786. The SMILES string of the molecule is COc1ccc(C)cc1NC(=O)CN1CCN(CC(F)(F)F)C(=O)C1=O. The van der Waals surface area contributed by atoms with E-state index < -0.39 is 37.0 Å². The minimum atomic E-state index is -4.59. The van der Waals surface area contributed by atoms with Gasteiger partial charge in [-0.15, -0.1) is 0 Å². The van der Waals surface area contributed by atoms with E-state index in [2.05, 4.69) is 5.32 Å². The Morgan fingerprint density at radius 1 is 1.19 bits per heavy atom. The fourth-order valence-electron chi connectivity index (χ4n) is 2.52. The van der Waals surface area contributed by atoms with Crippen LogP contribution in [0, 0.1) is 6.92 Å². The van der Waals surface area contributed by atoms with Crippen molar-refractivity contribution in [1.82, 2.24) is 9.80 Å². The molecule has 0 radical (unpaired) electrons. The maximum atomic E-state index is 12.4. The molecule has 1 aliphatic heterocycles. The first kappa shape index (κ1) is 19.5. The number of methoxy groups -OCH3 is 1. The first-order valence-corrected chi connectivity index (χ1v) is 7.70. The third-order valence-corrected chi connectivity index (χ3v) is 3.73. The van der Waals surface area contributed by atoms with Crippen LogP contribution in [-0.2, 0) is 14.4 Å². The van der Waals surface area contributed by atoms with Crippen molar-refractivity contribution in [1.29, 1.82) is 0 Å². The smallest absolute Gasteiger partial charge is 0.406 e. The molecule has 0 atom stereocenters. The zero-order chi connectivity index (χ0) is 19.5. The number of alkyl halides is 3. The molecule has 0 bridgehead atoms. The van der Waals surface area contributed by atoms with Crippen molar-refractivity contribution in [2.45, 2.75) is 13.1 Å². The van der Waals surface area contributed by atoms with Crippen LogP contribution < -0.4 is 10.1 Å². The van der Waals surface area contributed by atoms with Crippen molar-refractivity contribution < 1.29 is 32.3 Å². The number of aryl methyl sites for hydroxylation is 1. The monoisotopic (exact) mass is 373 g/mol. The summed E-state index contributed by atoms with van der Waals surface area (Å²) in [5.74, 6) is -2.57. The van der Waals surface area contributed by atoms with E-state index >= 15 is 0 Å². The molecule has 10 heteroatoms. The highest BCUT2D eigenvalue weighted by Gasteiger charge is 2.39. The summed E-state index contributed by atoms with van der Waals surface area (Å²) in [6, 6.07) is 5.12. The zero-order valence-corrected chi connectivity index (χ0v) is 14.2. The Morgan fingerprint density at radius 2 is 1.81 bits per heavy atom. The molecule has 0 spiro atoms. The summed E-state index contributed by atoms with van der Waals surface area (Å²) in [7, 11) is 1.43. The van der Waals surface area contributed by atoms with Gasteiger partial charge in [0.15, 0.2) is 0 Å². The lowest BCUT2D eigenvalue weighted by atomic mass is 10.2. The maximum absolute atomic E-state index is 12.4. The van der Waals surface area contributed by atoms with E-state index in [9.17, 15) is 27.6 Å². The lowest BCUT2D eigenvalue weighted by Gasteiger charge is -2.33. The Bertz CT molecular complexity index is 721. The average Bonchev–Trinajstić information content (AvgIpc) is 2.54. The van der Waals surface area contributed by atoms with Crippen LogP contribution in [-0.4, -0.2) is 67.0 Å². The number of nitrogens with one attached hydrogen (secondary N) is 1. The largest absolute Gasteiger partial charge is 0.495 e. The lowest BCUT2D eigenvalue weighted by molar-refractivity contribution is -0.172. The molecule has 26 heavy (non-hydrogen) atoms. The van der Waals surface area contributed by atoms with Gasteiger partial charge in [0.25, 0.3) is 0 Å². The molecule has 142 valence electrons. The number of carbonyl (C=O) groups is 3. The summed E-state index contributed by atoms with van der Waals surface area (Å²) in [5.41, 5.74) is 1.26. The highest BCUT2D eigenvalue weighted by atomic mass is 19.4. The van der Waals surface area contributed by atoms with E-state index in [1.54, 1.807) is 18.2 Å². The van der Waals surface area contributed by atoms with Gasteiger partial charge in [0.2, 0.25) is 5.91 Å². The topological polar surface area (TPSA) is 79.0 Å². The Balaban J connectivity index is 1.99. The second-order valence-electron chi connectivity index (χ2n) is 5.82. The van der Waals surface area contributed by atoms with Gasteiger partial charge in [0, 0.05) is 13.1 Å². The van der Waals surface area contributed by atoms with Crippen LogP contribution in [0.25, 0.3) is 0 Å². The minimum Gasteiger partial charge on any atom is -0.495 e. The number of piperazine rings is 1. The molecule has 0 aromatic heterocycles. The highest BCUT2D eigenvalue weighted by Crippen LogP contribution is 2.25. The number of halogens is 3. The normalized spacial score (nSPS) is 15.3. The van der Waals surface area contributed by atoms with Crippen LogP contribution in [0.4, 0.5) is 18.9 Å². The Morgan fingerprint density at radius 3 is 2.42 bits per heavy atom. The number of carbonyl (C=O) groups excluding carboxylic acids is 3. The number of nitrogens with zero attached hydrogens (tertiary/aromatic N) is 2. The van der Waals surface area contributed by atoms with Crippen molar-refractivity contribution in [3.05, 3.63) is 23.8 Å². The van der Waals surface area contributed by atoms with Crippen LogP contribution in [0.5, 0.6) is 5.75 Å². The van der Waals surface area contributed by atoms with Gasteiger partial charge < -0.3 is 19.9 Å². The molecule has 1 aliphatic rings. The summed E-state index contributed by atoms with van der Waals surface area (Å²) in [6.07, 6.45) is -4.59. The first-order valence-electron chi connectivity index (χ1n) is 7.70. The third-order valence-electron chi connectivity index (χ3n) is 3.73. The summed E-state index contributed by atoms with van der Waals surface area (Å²) >= 11 is 0. The van der Waals surface area contributed by atoms with Crippen LogP contribution in [0.15, 0.2) is 18.2 Å². The van der Waals surface area contributed by atoms with Gasteiger partial charge in [-0.1, -0.05) is 6.07 Å². The van der Waals surface area contributed by atoms with Gasteiger partial charge >= 0.3 is 18.0 Å². The number of hydrogen-bond donors (Lipinski definition) is 1. The summed E-state index contributed by atoms with van der Waals surface area (Å²) in [6.45, 7) is -0.555. The van der Waals surface area contributed by atoms with E-state index in [1.165, 1.54) is 7.11 Å². The number of benzene rings is 1. The Labute approximate surface area is 147 Å². The van der Waals surface area contributed by atoms with Crippen molar-refractivity contribution in [3.8, 4) is 5.75 Å². The van der Waals surface area contributed by atoms with Crippen molar-refractivity contribution >= 4 is 23.4 Å². The molecule has 3 amide bonds. The maximum Gasteiger partial charge on any atom is 0.406 e. The fraction of sp³-hybridized carbons (Fsp3) is 0.438. The zero-order valence-electron chi connectivity index (χ0n) is 14.2. The van der Waals surface area contributed by atoms with E-state index in [0.29, 0.717) is 16.3 Å². The molecule has 1 saturated heterocycles. The van der Waals surface area contributed by atoms with Crippen molar-refractivity contribution in [2.75, 3.05) is 38.6 Å². The second kappa shape index (κ2) is 7.63. The van der Waals surface area contributed by atoms with Gasteiger partial charge in [-0.2, -0.15) is 13.2 Å². The number of ether oxygens (including phenoxy) is 1. The van der Waals surface area contributed by atoms with E-state index in [0.717, 1.165) is 10.5 Å². The molecule has 7 nitrogen and oxygen atoms in total. The molecule has 0 saturated carbocycles. The van der Waals surface area contributed by atoms with E-state index in [4.69, 9.17) is 4.74 Å². The first-order chi connectivity index (χ1) is 12.1. The summed E-state index contributed by atoms with van der Waals surface area (Å²) in [5, 5.41) is 2.57. The Hall–Kier alpha value is -2.78. The number of anilines is 1. The van der Waals surface area contributed by atoms with Crippen LogP contribution in [0.3, 0.4) is 0 Å². The lowest BCUT2D eigenvalue weighted by Crippen LogP contribution is -2.57. The number of hydrogen-bond acceptors (Lipinski definition) is 4. The fourth-order valence-corrected chi connectivity index (χ4v) is 2.52. The van der Waals surface area contributed by atoms with Crippen molar-refractivity contribution in [2.24, 2.45) is 0 Å². The molecule has 1 heterocycles. The standard InChI is InChI=1S/C16H18F3N3O4/c1-10-3-4-12(26-2)11(7-10)20-13(23)8-21-5-6-22(9-16(17,18)19)15(25)14(21)24/h3-4,7H,5-6,8-9H2,1-2H3,(H,20,23). The molecule has 1 aromatic rings. The minimum absolute atomic E-state index is 0.154. The van der Waals surface area contributed by atoms with Gasteiger partial charge in [-0.3, -0.25) is 14.4 Å². The summed E-state index contributed by atoms with van der Waals surface area (Å²) < 4.78 is 42.3. The van der Waals surface area contributed by atoms with Gasteiger partial charge in [-0.05, 0) is 24.6 Å². The number of rotatable bonds is 5. The average molecular weight is 373 g/mol. The van der Waals surface area contributed by atoms with Gasteiger partial charge in [0.05, 0.1) is 12.8 Å². The summed E-state index contributed by atoms with van der Waals surface area (Å²) in [4.78, 5) is 37.2. The van der Waals surface area contributed by atoms with Crippen LogP contribution in [0.2, 0.25) is 0 Å². The van der Waals surface area contributed by atoms with E-state index in [-0.39, 0.29) is 13.1 Å². The molecular weight excluding hydrogens is 355 g/mol. The Kier molecular flexibility index (Phi) is 5.73. The van der Waals surface area contributed by atoms with Crippen LogP contribution >= 0.6 is 0 Å². The molecule has 0 unspecified atom stereocenters. The molecule has 0 aliphatic carbocycles. The molecule has 1 aromatic carbocycles. The van der Waals surface area contributed by atoms with Crippen LogP contribution in [0.1, 0.15) is 5.56 Å². The molecule has 1 N–H and O–H groups in total. The van der Waals surface area contributed by atoms with Gasteiger partial charge in [-0.25, -0.2) is 0 Å². The predicted molar refractivity (Wildman–Crippen MR) is 85.6 cm³/mol. The second-order valence-corrected chi connectivity index (χ2v) is 5.82. The predicted octanol–water partition coefficient (Wildman–Crippen LogP) is 1.18. The third kappa shape index (κ3) is 4.87. The molecule has 2 rings (SSSR count). The molecule has 1 fully saturated rings. The highest BCUT2D eigenvalue weighted by molar-refractivity contribution is 6.35. The van der Waals surface area contributed by atoms with Gasteiger partial charge in [0.1, 0.15) is 18.8 Å². The number of amides is 3. The molecular formula is C16H18F3N3O4. The van der Waals surface area contributed by atoms with E-state index in [1.807, 2.05) is 6.92 Å². The van der Waals surface area contributed by atoms with Crippen molar-refractivity contribution in [3.63, 3.8) is 0 Å².